The molecule has 0 bridgehead atoms. The van der Waals surface area contributed by atoms with Gasteiger partial charge in [-0.3, -0.25) is 4.79 Å². The highest BCUT2D eigenvalue weighted by Crippen LogP contribution is 2.29. The Balaban J connectivity index is 2.50. The number of nitrogens with zero attached hydrogens (tertiary/aromatic N) is 2. The third-order valence-corrected chi connectivity index (χ3v) is 4.49. The van der Waals surface area contributed by atoms with Crippen molar-refractivity contribution in [2.75, 3.05) is 20.1 Å². The maximum Gasteiger partial charge on any atom is 0.319 e. The van der Waals surface area contributed by atoms with Crippen molar-refractivity contribution < 1.29 is 14.7 Å². The highest BCUT2D eigenvalue weighted by molar-refractivity contribution is 5.75. The SMILES string of the molecule is CCC1CCC(N(C)C(=O)N(CC)CCC(=O)O)CC1. The molecule has 2 amide bonds. The van der Waals surface area contributed by atoms with Crippen molar-refractivity contribution in [1.29, 1.82) is 0 Å². The van der Waals surface area contributed by atoms with Gasteiger partial charge in [0.15, 0.2) is 0 Å². The Morgan fingerprint density at radius 2 is 1.75 bits per heavy atom. The fraction of sp³-hybridized carbons (Fsp3) is 0.867. The number of aliphatic carboxylic acids is 1. The van der Waals surface area contributed by atoms with Crippen molar-refractivity contribution in [3.05, 3.63) is 0 Å². The number of carbonyl (C=O) groups excluding carboxylic acids is 1. The van der Waals surface area contributed by atoms with E-state index in [0.717, 1.165) is 18.8 Å². The van der Waals surface area contributed by atoms with Gasteiger partial charge in [-0.05, 0) is 38.5 Å². The minimum atomic E-state index is -0.859. The van der Waals surface area contributed by atoms with Crippen LogP contribution >= 0.6 is 0 Å². The molecule has 0 aromatic rings. The molecule has 0 aliphatic heterocycles. The lowest BCUT2D eigenvalue weighted by Crippen LogP contribution is -2.47. The van der Waals surface area contributed by atoms with Crippen molar-refractivity contribution in [3.63, 3.8) is 0 Å². The summed E-state index contributed by atoms with van der Waals surface area (Å²) in [7, 11) is 1.85. The minimum Gasteiger partial charge on any atom is -0.481 e. The Labute approximate surface area is 121 Å². The number of urea groups is 1. The maximum absolute atomic E-state index is 12.4. The van der Waals surface area contributed by atoms with Crippen molar-refractivity contribution >= 4 is 12.0 Å². The van der Waals surface area contributed by atoms with Crippen LogP contribution in [0.2, 0.25) is 0 Å². The van der Waals surface area contributed by atoms with Crippen LogP contribution in [0.5, 0.6) is 0 Å². The fourth-order valence-electron chi connectivity index (χ4n) is 2.94. The summed E-state index contributed by atoms with van der Waals surface area (Å²) >= 11 is 0. The van der Waals surface area contributed by atoms with Gasteiger partial charge in [0.25, 0.3) is 0 Å². The lowest BCUT2D eigenvalue weighted by Gasteiger charge is -2.37. The molecule has 0 unspecified atom stereocenters. The first-order valence-electron chi connectivity index (χ1n) is 7.73. The van der Waals surface area contributed by atoms with E-state index >= 15 is 0 Å². The fourth-order valence-corrected chi connectivity index (χ4v) is 2.94. The second-order valence-electron chi connectivity index (χ2n) is 5.70. The zero-order valence-electron chi connectivity index (χ0n) is 13.0. The first-order chi connectivity index (χ1) is 9.49. The number of carboxylic acid groups (broad SMARTS) is 1. The van der Waals surface area contributed by atoms with Crippen LogP contribution in [-0.4, -0.2) is 53.1 Å². The highest BCUT2D eigenvalue weighted by Gasteiger charge is 2.28. The monoisotopic (exact) mass is 284 g/mol. The van der Waals surface area contributed by atoms with Crippen LogP contribution in [-0.2, 0) is 4.79 Å². The zero-order chi connectivity index (χ0) is 15.1. The molecule has 5 nitrogen and oxygen atoms in total. The number of rotatable bonds is 6. The molecule has 0 atom stereocenters. The van der Waals surface area contributed by atoms with E-state index in [2.05, 4.69) is 6.92 Å². The summed E-state index contributed by atoms with van der Waals surface area (Å²) in [5.74, 6) is -0.0496. The Kier molecular flexibility index (Phi) is 6.82. The highest BCUT2D eigenvalue weighted by atomic mass is 16.4. The molecule has 116 valence electrons. The van der Waals surface area contributed by atoms with Gasteiger partial charge < -0.3 is 14.9 Å². The summed E-state index contributed by atoms with van der Waals surface area (Å²) in [4.78, 5) is 26.5. The second kappa shape index (κ2) is 8.12. The van der Waals surface area contributed by atoms with E-state index in [1.54, 1.807) is 4.90 Å². The van der Waals surface area contributed by atoms with Gasteiger partial charge >= 0.3 is 12.0 Å². The largest absolute Gasteiger partial charge is 0.481 e. The summed E-state index contributed by atoms with van der Waals surface area (Å²) in [6.45, 7) is 4.96. The summed E-state index contributed by atoms with van der Waals surface area (Å²) in [6.07, 6.45) is 5.76. The van der Waals surface area contributed by atoms with Crippen LogP contribution in [0.1, 0.15) is 52.4 Å². The van der Waals surface area contributed by atoms with Gasteiger partial charge in [0.1, 0.15) is 0 Å². The standard InChI is InChI=1S/C15H28N2O3/c1-4-12-6-8-13(9-7-12)16(3)15(20)17(5-2)11-10-14(18)19/h12-13H,4-11H2,1-3H3,(H,18,19). The summed E-state index contributed by atoms with van der Waals surface area (Å²) < 4.78 is 0. The molecule has 0 saturated heterocycles. The van der Waals surface area contributed by atoms with Gasteiger partial charge in [-0.15, -0.1) is 0 Å². The molecule has 1 fully saturated rings. The normalized spacial score (nSPS) is 22.4. The van der Waals surface area contributed by atoms with Gasteiger partial charge in [-0.1, -0.05) is 13.3 Å². The third-order valence-electron chi connectivity index (χ3n) is 4.49. The minimum absolute atomic E-state index is 0.00992. The van der Waals surface area contributed by atoms with E-state index in [9.17, 15) is 9.59 Å². The van der Waals surface area contributed by atoms with Crippen LogP contribution < -0.4 is 0 Å². The molecule has 0 aromatic heterocycles. The number of carboxylic acids is 1. The van der Waals surface area contributed by atoms with Gasteiger partial charge in [-0.2, -0.15) is 0 Å². The van der Waals surface area contributed by atoms with Gasteiger partial charge in [-0.25, -0.2) is 4.79 Å². The van der Waals surface area contributed by atoms with Crippen molar-refractivity contribution in [3.8, 4) is 0 Å². The van der Waals surface area contributed by atoms with Gasteiger partial charge in [0, 0.05) is 26.2 Å². The molecule has 1 saturated carbocycles. The zero-order valence-corrected chi connectivity index (χ0v) is 13.0. The molecule has 20 heavy (non-hydrogen) atoms. The number of hydrogen-bond donors (Lipinski definition) is 1. The molecular formula is C15H28N2O3. The maximum atomic E-state index is 12.4. The smallest absolute Gasteiger partial charge is 0.319 e. The summed E-state index contributed by atoms with van der Waals surface area (Å²) in [5, 5.41) is 8.73. The molecule has 5 heteroatoms. The first kappa shape index (κ1) is 16.8. The molecular weight excluding hydrogens is 256 g/mol. The molecule has 0 aromatic carbocycles. The van der Waals surface area contributed by atoms with E-state index in [-0.39, 0.29) is 12.5 Å². The Bertz CT molecular complexity index is 325. The van der Waals surface area contributed by atoms with Crippen molar-refractivity contribution in [2.24, 2.45) is 5.92 Å². The molecule has 1 rings (SSSR count). The molecule has 0 radical (unpaired) electrons. The number of carbonyl (C=O) groups is 2. The molecule has 0 spiro atoms. The van der Waals surface area contributed by atoms with E-state index in [4.69, 9.17) is 5.11 Å². The average Bonchev–Trinajstić information content (AvgIpc) is 2.46. The lowest BCUT2D eigenvalue weighted by molar-refractivity contribution is -0.137. The van der Waals surface area contributed by atoms with Crippen molar-refractivity contribution in [1.82, 2.24) is 9.80 Å². The average molecular weight is 284 g/mol. The quantitative estimate of drug-likeness (QED) is 0.816. The topological polar surface area (TPSA) is 60.9 Å². The van der Waals surface area contributed by atoms with E-state index in [1.807, 2.05) is 18.9 Å². The number of amides is 2. The van der Waals surface area contributed by atoms with Gasteiger partial charge in [0.2, 0.25) is 0 Å². The summed E-state index contributed by atoms with van der Waals surface area (Å²) in [5.41, 5.74) is 0. The predicted octanol–water partition coefficient (Wildman–Crippen LogP) is 2.80. The molecule has 1 N–H and O–H groups in total. The Morgan fingerprint density at radius 3 is 2.20 bits per heavy atom. The van der Waals surface area contributed by atoms with Gasteiger partial charge in [0.05, 0.1) is 6.42 Å². The van der Waals surface area contributed by atoms with E-state index in [0.29, 0.717) is 19.1 Å². The third kappa shape index (κ3) is 4.69. The van der Waals surface area contributed by atoms with Crippen LogP contribution in [0.25, 0.3) is 0 Å². The summed E-state index contributed by atoms with van der Waals surface area (Å²) in [6, 6.07) is 0.276. The second-order valence-corrected chi connectivity index (χ2v) is 5.70. The van der Waals surface area contributed by atoms with E-state index in [1.165, 1.54) is 19.3 Å². The van der Waals surface area contributed by atoms with Crippen LogP contribution in [0.3, 0.4) is 0 Å². The molecule has 0 heterocycles. The van der Waals surface area contributed by atoms with Crippen molar-refractivity contribution in [2.45, 2.75) is 58.4 Å². The van der Waals surface area contributed by atoms with Crippen LogP contribution in [0.15, 0.2) is 0 Å². The Morgan fingerprint density at radius 1 is 1.15 bits per heavy atom. The predicted molar refractivity (Wildman–Crippen MR) is 78.7 cm³/mol. The molecule has 1 aliphatic rings. The lowest BCUT2D eigenvalue weighted by atomic mass is 9.84. The van der Waals surface area contributed by atoms with Crippen LogP contribution in [0.4, 0.5) is 4.79 Å². The number of hydrogen-bond acceptors (Lipinski definition) is 2. The van der Waals surface area contributed by atoms with E-state index < -0.39 is 5.97 Å². The van der Waals surface area contributed by atoms with Crippen LogP contribution in [0, 0.1) is 5.92 Å². The molecule has 1 aliphatic carbocycles. The Hall–Kier alpha value is -1.26. The first-order valence-corrected chi connectivity index (χ1v) is 7.73.